The van der Waals surface area contributed by atoms with Crippen LogP contribution in [0.5, 0.6) is 0 Å². The lowest BCUT2D eigenvalue weighted by atomic mass is 9.72. The van der Waals surface area contributed by atoms with Gasteiger partial charge in [0.25, 0.3) is 0 Å². The quantitative estimate of drug-likeness (QED) is 0.811. The van der Waals surface area contributed by atoms with Gasteiger partial charge < -0.3 is 15.8 Å². The van der Waals surface area contributed by atoms with Crippen LogP contribution in [0.1, 0.15) is 6.42 Å². The van der Waals surface area contributed by atoms with Gasteiger partial charge in [0.15, 0.2) is 9.84 Å². The maximum Gasteiger partial charge on any atom is 0.179 e. The Morgan fingerprint density at radius 3 is 3.05 bits per heavy atom. The van der Waals surface area contributed by atoms with E-state index >= 15 is 0 Å². The van der Waals surface area contributed by atoms with Gasteiger partial charge in [-0.05, 0) is 18.6 Å². The lowest BCUT2D eigenvalue weighted by Gasteiger charge is -2.46. The number of hydrogen-bond acceptors (Lipinski definition) is 6. The van der Waals surface area contributed by atoms with Crippen molar-refractivity contribution >= 4 is 15.7 Å². The number of rotatable bonds is 3. The molecule has 6 nitrogen and oxygen atoms in total. The van der Waals surface area contributed by atoms with Crippen molar-refractivity contribution in [2.24, 2.45) is 11.7 Å². The van der Waals surface area contributed by atoms with Gasteiger partial charge in [-0.25, -0.2) is 13.4 Å². The first kappa shape index (κ1) is 12.8. The van der Waals surface area contributed by atoms with E-state index in [1.54, 1.807) is 18.3 Å². The largest absolute Gasteiger partial charge is 0.376 e. The minimum atomic E-state index is -3.31. The van der Waals surface area contributed by atoms with Crippen LogP contribution in [0, 0.1) is 5.92 Å². The smallest absolute Gasteiger partial charge is 0.179 e. The second kappa shape index (κ2) is 4.43. The summed E-state index contributed by atoms with van der Waals surface area (Å²) in [4.78, 5) is 4.31. The van der Waals surface area contributed by atoms with Gasteiger partial charge in [0.2, 0.25) is 0 Å². The fourth-order valence-corrected chi connectivity index (χ4v) is 3.67. The highest BCUT2D eigenvalue weighted by molar-refractivity contribution is 7.90. The van der Waals surface area contributed by atoms with E-state index in [1.165, 1.54) is 6.26 Å². The van der Waals surface area contributed by atoms with Crippen LogP contribution in [-0.2, 0) is 14.6 Å². The van der Waals surface area contributed by atoms with Crippen molar-refractivity contribution in [1.29, 1.82) is 0 Å². The molecule has 3 N–H and O–H groups in total. The van der Waals surface area contributed by atoms with Crippen molar-refractivity contribution in [2.75, 3.05) is 18.2 Å². The summed E-state index contributed by atoms with van der Waals surface area (Å²) >= 11 is 0. The number of anilines is 1. The molecule has 1 aromatic heterocycles. The molecule has 1 saturated carbocycles. The zero-order valence-electron chi connectivity index (χ0n) is 10.6. The van der Waals surface area contributed by atoms with Crippen molar-refractivity contribution in [1.82, 2.24) is 4.98 Å². The van der Waals surface area contributed by atoms with Crippen LogP contribution in [0.2, 0.25) is 0 Å². The Balaban J connectivity index is 1.85. The molecule has 4 unspecified atom stereocenters. The third-order valence-electron chi connectivity index (χ3n) is 3.92. The van der Waals surface area contributed by atoms with Crippen molar-refractivity contribution in [3.05, 3.63) is 18.3 Å². The van der Waals surface area contributed by atoms with Crippen LogP contribution in [0.4, 0.5) is 5.82 Å². The molecule has 1 aromatic rings. The first-order valence-electron chi connectivity index (χ1n) is 6.27. The van der Waals surface area contributed by atoms with Crippen LogP contribution < -0.4 is 11.1 Å². The minimum Gasteiger partial charge on any atom is -0.376 e. The van der Waals surface area contributed by atoms with E-state index in [0.29, 0.717) is 11.7 Å². The molecular weight excluding hydrogens is 266 g/mol. The molecular formula is C12H17N3O3S. The van der Waals surface area contributed by atoms with Crippen LogP contribution in [0.15, 0.2) is 23.2 Å². The number of aromatic nitrogens is 1. The predicted molar refractivity (Wildman–Crippen MR) is 70.6 cm³/mol. The van der Waals surface area contributed by atoms with E-state index in [9.17, 15) is 8.42 Å². The van der Waals surface area contributed by atoms with Crippen molar-refractivity contribution < 1.29 is 13.2 Å². The maximum atomic E-state index is 11.7. The van der Waals surface area contributed by atoms with Crippen molar-refractivity contribution in [2.45, 2.75) is 29.5 Å². The summed E-state index contributed by atoms with van der Waals surface area (Å²) in [5.41, 5.74) is 6.10. The summed E-state index contributed by atoms with van der Waals surface area (Å²) in [5.74, 6) is 0.738. The average Bonchev–Trinajstić information content (AvgIpc) is 2.80. The highest BCUT2D eigenvalue weighted by Crippen LogP contribution is 2.39. The predicted octanol–water partition coefficient (Wildman–Crippen LogP) is 0.0116. The topological polar surface area (TPSA) is 94.3 Å². The van der Waals surface area contributed by atoms with Gasteiger partial charge in [-0.2, -0.15) is 0 Å². The third-order valence-corrected chi connectivity index (χ3v) is 5.05. The van der Waals surface area contributed by atoms with Crippen molar-refractivity contribution in [3.8, 4) is 0 Å². The summed E-state index contributed by atoms with van der Waals surface area (Å²) in [6.07, 6.45) is 3.79. The summed E-state index contributed by atoms with van der Waals surface area (Å²) in [5, 5.41) is 3.13. The number of nitrogens with two attached hydrogens (primary N) is 1. The van der Waals surface area contributed by atoms with Gasteiger partial charge in [-0.3, -0.25) is 0 Å². The number of sulfone groups is 1. The Morgan fingerprint density at radius 1 is 1.53 bits per heavy atom. The zero-order valence-corrected chi connectivity index (χ0v) is 11.4. The van der Waals surface area contributed by atoms with Crippen LogP contribution >= 0.6 is 0 Å². The second-order valence-corrected chi connectivity index (χ2v) is 7.14. The molecule has 2 aliphatic rings. The Morgan fingerprint density at radius 2 is 2.32 bits per heavy atom. The highest BCUT2D eigenvalue weighted by Gasteiger charge is 2.52. The molecule has 4 atom stereocenters. The summed E-state index contributed by atoms with van der Waals surface area (Å²) in [6, 6.07) is 3.07. The first-order chi connectivity index (χ1) is 8.98. The van der Waals surface area contributed by atoms with E-state index in [0.717, 1.165) is 13.0 Å². The van der Waals surface area contributed by atoms with Gasteiger partial charge in [-0.15, -0.1) is 0 Å². The number of nitrogens with zero attached hydrogens (tertiary/aromatic N) is 1. The molecule has 1 saturated heterocycles. The molecule has 104 valence electrons. The number of pyridine rings is 1. The second-order valence-electron chi connectivity index (χ2n) is 5.16. The van der Waals surface area contributed by atoms with E-state index in [2.05, 4.69) is 10.3 Å². The van der Waals surface area contributed by atoms with Gasteiger partial charge in [0.1, 0.15) is 10.7 Å². The molecule has 0 amide bonds. The zero-order chi connectivity index (χ0) is 13.6. The van der Waals surface area contributed by atoms with Gasteiger partial charge in [0.05, 0.1) is 12.1 Å². The molecule has 1 aliphatic heterocycles. The Labute approximate surface area is 112 Å². The molecule has 2 heterocycles. The maximum absolute atomic E-state index is 11.7. The number of hydrogen-bond donors (Lipinski definition) is 2. The van der Waals surface area contributed by atoms with Gasteiger partial charge in [0, 0.05) is 31.0 Å². The van der Waals surface area contributed by atoms with E-state index in [4.69, 9.17) is 10.5 Å². The number of nitrogens with one attached hydrogen (secondary N) is 1. The van der Waals surface area contributed by atoms with Gasteiger partial charge >= 0.3 is 0 Å². The lowest BCUT2D eigenvalue weighted by Crippen LogP contribution is -2.65. The van der Waals surface area contributed by atoms with Crippen LogP contribution in [0.3, 0.4) is 0 Å². The first-order valence-corrected chi connectivity index (χ1v) is 8.16. The van der Waals surface area contributed by atoms with Crippen LogP contribution in [-0.4, -0.2) is 44.5 Å². The standard InChI is InChI=1S/C12H17N3O3S/c1-19(16,17)8-3-2-5-14-12(8)15-10-9(13)7-4-6-18-11(7)10/h2-3,5,7,9-11H,4,6,13H2,1H3,(H,14,15). The lowest BCUT2D eigenvalue weighted by molar-refractivity contribution is 0.00514. The summed E-state index contributed by atoms with van der Waals surface area (Å²) in [6.45, 7) is 0.725. The average molecular weight is 283 g/mol. The SMILES string of the molecule is CS(=O)(=O)c1cccnc1NC1C(N)C2CCOC21. The monoisotopic (exact) mass is 283 g/mol. The minimum absolute atomic E-state index is 0.0121. The third kappa shape index (κ3) is 2.11. The summed E-state index contributed by atoms with van der Waals surface area (Å²) < 4.78 is 29.0. The molecule has 2 fully saturated rings. The highest BCUT2D eigenvalue weighted by atomic mass is 32.2. The molecule has 0 aromatic carbocycles. The fraction of sp³-hybridized carbons (Fsp3) is 0.583. The molecule has 0 bridgehead atoms. The number of fused-ring (bicyclic) bond motifs is 1. The molecule has 1 aliphatic carbocycles. The summed E-state index contributed by atoms with van der Waals surface area (Å²) in [7, 11) is -3.31. The fourth-order valence-electron chi connectivity index (χ4n) is 2.88. The van der Waals surface area contributed by atoms with Crippen molar-refractivity contribution in [3.63, 3.8) is 0 Å². The molecule has 3 rings (SSSR count). The van der Waals surface area contributed by atoms with E-state index in [1.807, 2.05) is 0 Å². The number of ether oxygens (including phenoxy) is 1. The molecule has 0 spiro atoms. The normalized spacial score (nSPS) is 33.6. The molecule has 0 radical (unpaired) electrons. The Bertz CT molecular complexity index is 590. The van der Waals surface area contributed by atoms with Crippen LogP contribution in [0.25, 0.3) is 0 Å². The van der Waals surface area contributed by atoms with Gasteiger partial charge in [-0.1, -0.05) is 0 Å². The Hall–Kier alpha value is -1.18. The molecule has 19 heavy (non-hydrogen) atoms. The molecule has 7 heteroatoms. The van der Waals surface area contributed by atoms with E-state index in [-0.39, 0.29) is 23.1 Å². The van der Waals surface area contributed by atoms with E-state index < -0.39 is 9.84 Å². The Kier molecular flexibility index (Phi) is 2.99.